The summed E-state index contributed by atoms with van der Waals surface area (Å²) >= 11 is 0. The van der Waals surface area contributed by atoms with E-state index in [0.29, 0.717) is 11.3 Å². The summed E-state index contributed by atoms with van der Waals surface area (Å²) in [7, 11) is -3.32. The lowest BCUT2D eigenvalue weighted by Crippen LogP contribution is -2.32. The van der Waals surface area contributed by atoms with Crippen molar-refractivity contribution >= 4 is 21.6 Å². The summed E-state index contributed by atoms with van der Waals surface area (Å²) in [6, 6.07) is 6.76. The molecule has 0 spiro atoms. The molecule has 0 bridgehead atoms. The number of benzene rings is 1. The number of anilines is 1. The topological polar surface area (TPSA) is 75.3 Å². The monoisotopic (exact) mass is 282 g/mol. The number of carbonyl (C=O) groups is 1. The lowest BCUT2D eigenvalue weighted by molar-refractivity contribution is 0.0938. The van der Waals surface area contributed by atoms with E-state index in [4.69, 9.17) is 0 Å². The average molecular weight is 282 g/mol. The molecule has 1 amide bonds. The molecule has 104 valence electrons. The third-order valence-electron chi connectivity index (χ3n) is 3.12. The van der Waals surface area contributed by atoms with Crippen molar-refractivity contribution in [3.8, 4) is 0 Å². The van der Waals surface area contributed by atoms with Crippen LogP contribution in [-0.2, 0) is 10.0 Å². The van der Waals surface area contributed by atoms with Gasteiger partial charge in [0.25, 0.3) is 5.91 Å². The number of hydrogen-bond acceptors (Lipinski definition) is 3. The standard InChI is InChI=1S/C13H18N2O3S/c1-19(17,18)15-12-8-4-5-10(9-12)13(16)14-11-6-2-3-7-11/h4-5,8-9,11,15H,2-3,6-7H2,1H3,(H,14,16). The van der Waals surface area contributed by atoms with E-state index >= 15 is 0 Å². The second-order valence-electron chi connectivity index (χ2n) is 4.91. The second kappa shape index (κ2) is 5.61. The van der Waals surface area contributed by atoms with Gasteiger partial charge in [-0.15, -0.1) is 0 Å². The van der Waals surface area contributed by atoms with Crippen LogP contribution < -0.4 is 10.0 Å². The van der Waals surface area contributed by atoms with Gasteiger partial charge in [-0.25, -0.2) is 8.42 Å². The Kier molecular flexibility index (Phi) is 4.09. The van der Waals surface area contributed by atoms with E-state index in [1.54, 1.807) is 24.3 Å². The van der Waals surface area contributed by atoms with Gasteiger partial charge in [0.15, 0.2) is 0 Å². The maximum atomic E-state index is 12.0. The van der Waals surface area contributed by atoms with Crippen molar-refractivity contribution < 1.29 is 13.2 Å². The summed E-state index contributed by atoms with van der Waals surface area (Å²) in [5.41, 5.74) is 0.877. The summed E-state index contributed by atoms with van der Waals surface area (Å²) in [5.74, 6) is -0.149. The summed E-state index contributed by atoms with van der Waals surface area (Å²) in [6.07, 6.45) is 5.43. The molecule has 1 aromatic carbocycles. The fourth-order valence-electron chi connectivity index (χ4n) is 2.28. The van der Waals surface area contributed by atoms with E-state index < -0.39 is 10.0 Å². The van der Waals surface area contributed by atoms with Crippen LogP contribution in [0.2, 0.25) is 0 Å². The van der Waals surface area contributed by atoms with Crippen molar-refractivity contribution in [3.05, 3.63) is 29.8 Å². The first-order valence-electron chi connectivity index (χ1n) is 6.33. The molecule has 1 aliphatic carbocycles. The first kappa shape index (κ1) is 13.9. The summed E-state index contributed by atoms with van der Waals surface area (Å²) in [6.45, 7) is 0. The van der Waals surface area contributed by atoms with Crippen LogP contribution in [0.4, 0.5) is 5.69 Å². The maximum Gasteiger partial charge on any atom is 0.251 e. The van der Waals surface area contributed by atoms with E-state index in [1.807, 2.05) is 0 Å². The van der Waals surface area contributed by atoms with E-state index in [0.717, 1.165) is 31.9 Å². The van der Waals surface area contributed by atoms with Gasteiger partial charge in [-0.1, -0.05) is 18.9 Å². The lowest BCUT2D eigenvalue weighted by atomic mass is 10.1. The van der Waals surface area contributed by atoms with Gasteiger partial charge >= 0.3 is 0 Å². The van der Waals surface area contributed by atoms with Crippen LogP contribution in [0.3, 0.4) is 0 Å². The first-order chi connectivity index (χ1) is 8.94. The molecule has 0 radical (unpaired) electrons. The van der Waals surface area contributed by atoms with E-state index in [9.17, 15) is 13.2 Å². The number of amides is 1. The van der Waals surface area contributed by atoms with Crippen molar-refractivity contribution in [1.82, 2.24) is 5.32 Å². The lowest BCUT2D eigenvalue weighted by Gasteiger charge is -2.12. The summed E-state index contributed by atoms with van der Waals surface area (Å²) in [5, 5.41) is 2.97. The van der Waals surface area contributed by atoms with Crippen LogP contribution in [0, 0.1) is 0 Å². The molecule has 1 aromatic rings. The van der Waals surface area contributed by atoms with Gasteiger partial charge in [-0.05, 0) is 31.0 Å². The molecule has 0 aromatic heterocycles. The molecule has 2 N–H and O–H groups in total. The Hall–Kier alpha value is -1.56. The minimum atomic E-state index is -3.32. The predicted molar refractivity (Wildman–Crippen MR) is 74.6 cm³/mol. The van der Waals surface area contributed by atoms with Crippen molar-refractivity contribution in [2.75, 3.05) is 11.0 Å². The number of rotatable bonds is 4. The van der Waals surface area contributed by atoms with E-state index in [2.05, 4.69) is 10.0 Å². The molecule has 1 fully saturated rings. The molecule has 1 saturated carbocycles. The average Bonchev–Trinajstić information content (AvgIpc) is 2.80. The smallest absolute Gasteiger partial charge is 0.251 e. The highest BCUT2D eigenvalue weighted by atomic mass is 32.2. The van der Waals surface area contributed by atoms with Crippen molar-refractivity contribution in [2.24, 2.45) is 0 Å². The van der Waals surface area contributed by atoms with E-state index in [1.165, 1.54) is 0 Å². The molecule has 6 heteroatoms. The molecule has 2 rings (SSSR count). The quantitative estimate of drug-likeness (QED) is 0.883. The second-order valence-corrected chi connectivity index (χ2v) is 6.66. The fraction of sp³-hybridized carbons (Fsp3) is 0.462. The summed E-state index contributed by atoms with van der Waals surface area (Å²) < 4.78 is 24.7. The van der Waals surface area contributed by atoms with Crippen LogP contribution in [-0.4, -0.2) is 26.6 Å². The zero-order chi connectivity index (χ0) is 13.9. The number of hydrogen-bond donors (Lipinski definition) is 2. The van der Waals surface area contributed by atoms with Gasteiger partial charge < -0.3 is 5.32 Å². The molecule has 1 aliphatic rings. The zero-order valence-corrected chi connectivity index (χ0v) is 11.7. The molecular weight excluding hydrogens is 264 g/mol. The van der Waals surface area contributed by atoms with Gasteiger partial charge in [0.05, 0.1) is 6.26 Å². The molecule has 0 atom stereocenters. The number of nitrogens with one attached hydrogen (secondary N) is 2. The molecule has 0 aliphatic heterocycles. The number of sulfonamides is 1. The van der Waals surface area contributed by atoms with Gasteiger partial charge in [-0.2, -0.15) is 0 Å². The predicted octanol–water partition coefficient (Wildman–Crippen LogP) is 1.73. The molecule has 0 heterocycles. The van der Waals surface area contributed by atoms with Gasteiger partial charge in [0.1, 0.15) is 0 Å². The largest absolute Gasteiger partial charge is 0.349 e. The highest BCUT2D eigenvalue weighted by Crippen LogP contribution is 2.19. The SMILES string of the molecule is CS(=O)(=O)Nc1cccc(C(=O)NC2CCCC2)c1. The molecule has 19 heavy (non-hydrogen) atoms. The highest BCUT2D eigenvalue weighted by Gasteiger charge is 2.18. The van der Waals surface area contributed by atoms with Crippen LogP contribution in [0.1, 0.15) is 36.0 Å². The van der Waals surface area contributed by atoms with Crippen LogP contribution in [0.15, 0.2) is 24.3 Å². The Balaban J connectivity index is 2.07. The Bertz CT molecular complexity index is 563. The Morgan fingerprint density at radius 1 is 1.26 bits per heavy atom. The third kappa shape index (κ3) is 4.24. The maximum absolute atomic E-state index is 12.0. The Morgan fingerprint density at radius 2 is 1.95 bits per heavy atom. The van der Waals surface area contributed by atoms with Crippen molar-refractivity contribution in [3.63, 3.8) is 0 Å². The Labute approximate surface area is 113 Å². The molecule has 5 nitrogen and oxygen atoms in total. The van der Waals surface area contributed by atoms with E-state index in [-0.39, 0.29) is 11.9 Å². The minimum absolute atomic E-state index is 0.149. The summed E-state index contributed by atoms with van der Waals surface area (Å²) in [4.78, 5) is 12.0. The molecule has 0 unspecified atom stereocenters. The molecule has 0 saturated heterocycles. The highest BCUT2D eigenvalue weighted by molar-refractivity contribution is 7.92. The molecular formula is C13H18N2O3S. The third-order valence-corrected chi connectivity index (χ3v) is 3.72. The van der Waals surface area contributed by atoms with Crippen molar-refractivity contribution in [1.29, 1.82) is 0 Å². The van der Waals surface area contributed by atoms with Crippen LogP contribution in [0.5, 0.6) is 0 Å². The van der Waals surface area contributed by atoms with Crippen LogP contribution >= 0.6 is 0 Å². The van der Waals surface area contributed by atoms with Gasteiger partial charge in [0.2, 0.25) is 10.0 Å². The number of carbonyl (C=O) groups excluding carboxylic acids is 1. The Morgan fingerprint density at radius 3 is 2.58 bits per heavy atom. The van der Waals surface area contributed by atoms with Crippen LogP contribution in [0.25, 0.3) is 0 Å². The van der Waals surface area contributed by atoms with Crippen molar-refractivity contribution in [2.45, 2.75) is 31.7 Å². The van der Waals surface area contributed by atoms with Gasteiger partial charge in [-0.3, -0.25) is 9.52 Å². The van der Waals surface area contributed by atoms with Gasteiger partial charge in [0, 0.05) is 17.3 Å². The zero-order valence-electron chi connectivity index (χ0n) is 10.8. The minimum Gasteiger partial charge on any atom is -0.349 e. The normalized spacial score (nSPS) is 16.3. The first-order valence-corrected chi connectivity index (χ1v) is 8.22. The fourth-order valence-corrected chi connectivity index (χ4v) is 2.83.